The van der Waals surface area contributed by atoms with E-state index in [-0.39, 0.29) is 23.4 Å². The quantitative estimate of drug-likeness (QED) is 0.197. The molecular formula is C33H44FN5O2Si. The number of fused-ring (bicyclic) bond motifs is 1. The molecule has 2 aromatic carbocycles. The van der Waals surface area contributed by atoms with Crippen molar-refractivity contribution in [3.8, 4) is 16.9 Å². The van der Waals surface area contributed by atoms with Gasteiger partial charge in [0.1, 0.15) is 11.6 Å². The number of ether oxygens (including phenoxy) is 1. The minimum Gasteiger partial charge on any atom is -0.497 e. The van der Waals surface area contributed by atoms with Crippen LogP contribution in [-0.4, -0.2) is 42.3 Å². The highest BCUT2D eigenvalue weighted by Gasteiger charge is 2.40. The molecule has 0 saturated heterocycles. The molecule has 5 rings (SSSR count). The van der Waals surface area contributed by atoms with Crippen LogP contribution in [0.25, 0.3) is 22.2 Å². The van der Waals surface area contributed by atoms with Crippen LogP contribution >= 0.6 is 0 Å². The highest BCUT2D eigenvalue weighted by Crippen LogP contribution is 2.40. The first-order valence-electron chi connectivity index (χ1n) is 14.9. The summed E-state index contributed by atoms with van der Waals surface area (Å²) in [5, 5.41) is 9.90. The summed E-state index contributed by atoms with van der Waals surface area (Å²) >= 11 is 0. The first kappa shape index (κ1) is 30.2. The lowest BCUT2D eigenvalue weighted by Crippen LogP contribution is -2.45. The zero-order valence-corrected chi connectivity index (χ0v) is 26.7. The Morgan fingerprint density at radius 1 is 1.05 bits per heavy atom. The van der Waals surface area contributed by atoms with E-state index < -0.39 is 8.32 Å². The van der Waals surface area contributed by atoms with Crippen LogP contribution in [0.4, 0.5) is 10.2 Å². The van der Waals surface area contributed by atoms with E-state index in [0.29, 0.717) is 18.2 Å². The number of hydrogen-bond donors (Lipinski definition) is 2. The Morgan fingerprint density at radius 3 is 2.38 bits per heavy atom. The first-order chi connectivity index (χ1) is 20.0. The molecule has 0 atom stereocenters. The van der Waals surface area contributed by atoms with E-state index in [1.807, 2.05) is 41.1 Å². The summed E-state index contributed by atoms with van der Waals surface area (Å²) in [5.74, 6) is 1.28. The summed E-state index contributed by atoms with van der Waals surface area (Å²) in [6.07, 6.45) is 6.11. The maximum absolute atomic E-state index is 14.8. The van der Waals surface area contributed by atoms with Crippen LogP contribution in [0.3, 0.4) is 0 Å². The maximum Gasteiger partial charge on any atom is 0.192 e. The van der Waals surface area contributed by atoms with Gasteiger partial charge in [-0.3, -0.25) is 0 Å². The normalized spacial score (nSPS) is 17.9. The lowest BCUT2D eigenvalue weighted by Gasteiger charge is -2.41. The number of methoxy groups -OCH3 is 1. The molecule has 7 nitrogen and oxygen atoms in total. The third-order valence-corrected chi connectivity index (χ3v) is 13.5. The van der Waals surface area contributed by atoms with Crippen molar-refractivity contribution in [3.05, 3.63) is 71.7 Å². The minimum absolute atomic E-state index is 0.159. The number of nitrogens with zero attached hydrogens (tertiary/aromatic N) is 3. The Bertz CT molecular complexity index is 1520. The third-order valence-electron chi connectivity index (χ3n) is 8.99. The Balaban J connectivity index is 1.45. The Hall–Kier alpha value is -3.27. The van der Waals surface area contributed by atoms with Gasteiger partial charge in [0.2, 0.25) is 0 Å². The predicted molar refractivity (Wildman–Crippen MR) is 171 cm³/mol. The number of halogens is 1. The van der Waals surface area contributed by atoms with Gasteiger partial charge < -0.3 is 20.2 Å². The van der Waals surface area contributed by atoms with Gasteiger partial charge in [0, 0.05) is 30.5 Å². The van der Waals surface area contributed by atoms with E-state index in [4.69, 9.17) is 25.0 Å². The molecule has 0 radical (unpaired) electrons. The van der Waals surface area contributed by atoms with Crippen LogP contribution in [0, 0.1) is 5.82 Å². The van der Waals surface area contributed by atoms with Gasteiger partial charge in [-0.05, 0) is 84.8 Å². The molecule has 9 heteroatoms. The molecule has 2 aromatic heterocycles. The van der Waals surface area contributed by atoms with Crippen molar-refractivity contribution in [1.29, 1.82) is 0 Å². The Kier molecular flexibility index (Phi) is 8.73. The monoisotopic (exact) mass is 589 g/mol. The second-order valence-corrected chi connectivity index (χ2v) is 17.7. The number of hydrogen-bond acceptors (Lipinski definition) is 6. The van der Waals surface area contributed by atoms with Crippen LogP contribution in [0.15, 0.2) is 54.7 Å². The molecule has 0 bridgehead atoms. The SMILES string of the molecule is COc1ccc(Cn2nc(NC3CCC(O[Si](C)(C)C(C)(C)C)CC3)c3c(-c4ccc(CN)c(F)c4)ccnc32)cc1. The standard InChI is InChI=1S/C33H44FN5O2Si/c1-33(2,3)42(5,6)41-27-15-11-25(12-16-27)37-31-30-28(23-9-10-24(20-35)29(34)19-23)17-18-36-32(30)39(38-31)21-22-7-13-26(40-4)14-8-22/h7-10,13-14,17-19,25,27H,11-12,15-16,20-21,35H2,1-6H3,(H,37,38). The number of benzene rings is 2. The molecule has 3 N–H and O–H groups in total. The van der Waals surface area contributed by atoms with Crippen molar-refractivity contribution in [2.75, 3.05) is 12.4 Å². The zero-order chi connectivity index (χ0) is 30.1. The molecule has 0 unspecified atom stereocenters. The molecule has 4 aromatic rings. The maximum atomic E-state index is 14.8. The van der Waals surface area contributed by atoms with Crippen molar-refractivity contribution in [2.24, 2.45) is 5.73 Å². The number of nitrogens with one attached hydrogen (secondary N) is 1. The van der Waals surface area contributed by atoms with E-state index in [2.05, 4.69) is 39.2 Å². The predicted octanol–water partition coefficient (Wildman–Crippen LogP) is 7.50. The topological polar surface area (TPSA) is 87.2 Å². The molecule has 224 valence electrons. The van der Waals surface area contributed by atoms with E-state index in [1.165, 1.54) is 0 Å². The Labute approximate surface area is 249 Å². The number of pyridine rings is 1. The van der Waals surface area contributed by atoms with Gasteiger partial charge in [0.15, 0.2) is 19.8 Å². The van der Waals surface area contributed by atoms with Gasteiger partial charge in [-0.2, -0.15) is 5.10 Å². The zero-order valence-electron chi connectivity index (χ0n) is 25.7. The number of nitrogens with two attached hydrogens (primary N) is 1. The fourth-order valence-electron chi connectivity index (χ4n) is 5.45. The lowest BCUT2D eigenvalue weighted by molar-refractivity contribution is 0.133. The molecule has 0 aliphatic heterocycles. The smallest absolute Gasteiger partial charge is 0.192 e. The molecular weight excluding hydrogens is 545 g/mol. The lowest BCUT2D eigenvalue weighted by atomic mass is 9.93. The van der Waals surface area contributed by atoms with Crippen molar-refractivity contribution in [1.82, 2.24) is 14.8 Å². The highest BCUT2D eigenvalue weighted by atomic mass is 28.4. The fraction of sp³-hybridized carbons (Fsp3) is 0.455. The second kappa shape index (κ2) is 12.1. The molecule has 42 heavy (non-hydrogen) atoms. The summed E-state index contributed by atoms with van der Waals surface area (Å²) in [4.78, 5) is 4.75. The van der Waals surface area contributed by atoms with Crippen LogP contribution in [-0.2, 0) is 17.5 Å². The largest absolute Gasteiger partial charge is 0.497 e. The average molecular weight is 590 g/mol. The third kappa shape index (κ3) is 6.38. The summed E-state index contributed by atoms with van der Waals surface area (Å²) in [6.45, 7) is 12.2. The number of anilines is 1. The summed E-state index contributed by atoms with van der Waals surface area (Å²) in [5.41, 5.74) is 9.73. The van der Waals surface area contributed by atoms with E-state index >= 15 is 0 Å². The van der Waals surface area contributed by atoms with Crippen LogP contribution < -0.4 is 15.8 Å². The van der Waals surface area contributed by atoms with Crippen molar-refractivity contribution in [2.45, 2.75) is 89.8 Å². The molecule has 1 aliphatic carbocycles. The first-order valence-corrected chi connectivity index (χ1v) is 17.8. The molecule has 2 heterocycles. The second-order valence-electron chi connectivity index (χ2n) is 12.9. The summed E-state index contributed by atoms with van der Waals surface area (Å²) < 4.78 is 28.8. The highest BCUT2D eigenvalue weighted by molar-refractivity contribution is 6.74. The van der Waals surface area contributed by atoms with Crippen LogP contribution in [0.2, 0.25) is 18.1 Å². The molecule has 1 fully saturated rings. The molecule has 0 spiro atoms. The van der Waals surface area contributed by atoms with Crippen molar-refractivity contribution >= 4 is 25.2 Å². The number of rotatable bonds is 9. The molecule has 1 saturated carbocycles. The number of aromatic nitrogens is 3. The van der Waals surface area contributed by atoms with Crippen LogP contribution in [0.5, 0.6) is 5.75 Å². The van der Waals surface area contributed by atoms with Crippen molar-refractivity contribution < 1.29 is 13.6 Å². The molecule has 1 aliphatic rings. The van der Waals surface area contributed by atoms with Gasteiger partial charge in [-0.1, -0.05) is 45.0 Å². The minimum atomic E-state index is -1.81. The van der Waals surface area contributed by atoms with Gasteiger partial charge in [-0.25, -0.2) is 14.1 Å². The van der Waals surface area contributed by atoms with Gasteiger partial charge in [0.05, 0.1) is 19.0 Å². The van der Waals surface area contributed by atoms with Gasteiger partial charge >= 0.3 is 0 Å². The van der Waals surface area contributed by atoms with E-state index in [1.54, 1.807) is 25.4 Å². The van der Waals surface area contributed by atoms with Crippen molar-refractivity contribution in [3.63, 3.8) is 0 Å². The van der Waals surface area contributed by atoms with Crippen LogP contribution in [0.1, 0.15) is 57.6 Å². The fourth-order valence-corrected chi connectivity index (χ4v) is 6.87. The van der Waals surface area contributed by atoms with E-state index in [0.717, 1.165) is 65.0 Å². The van der Waals surface area contributed by atoms with Gasteiger partial charge in [-0.15, -0.1) is 0 Å². The van der Waals surface area contributed by atoms with E-state index in [9.17, 15) is 4.39 Å². The van der Waals surface area contributed by atoms with Gasteiger partial charge in [0.25, 0.3) is 0 Å². The Morgan fingerprint density at radius 2 is 1.76 bits per heavy atom. The molecule has 0 amide bonds. The summed E-state index contributed by atoms with van der Waals surface area (Å²) in [6, 6.07) is 15.4. The summed E-state index contributed by atoms with van der Waals surface area (Å²) in [7, 11) is -0.150. The average Bonchev–Trinajstić information content (AvgIpc) is 3.30.